The minimum absolute atomic E-state index is 0.351. The van der Waals surface area contributed by atoms with Crippen molar-refractivity contribution in [1.82, 2.24) is 9.78 Å². The molecule has 1 aliphatic rings. The molecule has 0 aromatic carbocycles. The van der Waals surface area contributed by atoms with Crippen molar-refractivity contribution >= 4 is 0 Å². The van der Waals surface area contributed by atoms with E-state index < -0.39 is 0 Å². The highest BCUT2D eigenvalue weighted by Gasteiger charge is 2.20. The molecule has 1 aromatic heterocycles. The molecule has 1 aromatic rings. The third-order valence-electron chi connectivity index (χ3n) is 1.80. The largest absolute Gasteiger partial charge is 0.473 e. The van der Waals surface area contributed by atoms with Crippen LogP contribution in [0.5, 0.6) is 5.88 Å². The van der Waals surface area contributed by atoms with E-state index in [4.69, 9.17) is 4.74 Å². The SMILES string of the molecule is CCC1Cn2nccc2O1. The molecule has 3 heteroatoms. The first-order valence-electron chi connectivity index (χ1n) is 3.58. The molecular formula is C7H10N2O. The topological polar surface area (TPSA) is 27.1 Å². The highest BCUT2D eigenvalue weighted by Crippen LogP contribution is 2.20. The van der Waals surface area contributed by atoms with Gasteiger partial charge in [0.05, 0.1) is 12.7 Å². The maximum atomic E-state index is 5.50. The Morgan fingerprint density at radius 1 is 1.90 bits per heavy atom. The van der Waals surface area contributed by atoms with Gasteiger partial charge in [-0.05, 0) is 6.42 Å². The number of rotatable bonds is 1. The summed E-state index contributed by atoms with van der Waals surface area (Å²) < 4.78 is 7.39. The smallest absolute Gasteiger partial charge is 0.212 e. The molecular weight excluding hydrogens is 128 g/mol. The standard InChI is InChI=1S/C7H10N2O/c1-2-6-5-9-7(10-6)3-4-8-9/h3-4,6H,2,5H2,1H3. The van der Waals surface area contributed by atoms with Gasteiger partial charge in [0.2, 0.25) is 5.88 Å². The molecule has 54 valence electrons. The van der Waals surface area contributed by atoms with E-state index in [1.54, 1.807) is 6.20 Å². The number of fused-ring (bicyclic) bond motifs is 1. The average Bonchev–Trinajstić information content (AvgIpc) is 2.42. The Labute approximate surface area is 59.6 Å². The summed E-state index contributed by atoms with van der Waals surface area (Å²) in [7, 11) is 0. The first-order chi connectivity index (χ1) is 4.90. The van der Waals surface area contributed by atoms with Crippen molar-refractivity contribution in [2.45, 2.75) is 26.0 Å². The average molecular weight is 138 g/mol. The summed E-state index contributed by atoms with van der Waals surface area (Å²) in [6, 6.07) is 1.90. The second-order valence-electron chi connectivity index (χ2n) is 2.50. The molecule has 2 rings (SSSR count). The van der Waals surface area contributed by atoms with Gasteiger partial charge in [-0.1, -0.05) is 6.92 Å². The quantitative estimate of drug-likeness (QED) is 0.580. The first kappa shape index (κ1) is 5.77. The number of aromatic nitrogens is 2. The lowest BCUT2D eigenvalue weighted by molar-refractivity contribution is 0.226. The van der Waals surface area contributed by atoms with E-state index >= 15 is 0 Å². The molecule has 1 unspecified atom stereocenters. The molecule has 10 heavy (non-hydrogen) atoms. The molecule has 2 heterocycles. The number of ether oxygens (including phenoxy) is 1. The maximum Gasteiger partial charge on any atom is 0.212 e. The first-order valence-corrected chi connectivity index (χ1v) is 3.58. The van der Waals surface area contributed by atoms with Crippen LogP contribution in [0, 0.1) is 0 Å². The van der Waals surface area contributed by atoms with Crippen molar-refractivity contribution in [3.8, 4) is 5.88 Å². The number of hydrogen-bond donors (Lipinski definition) is 0. The number of nitrogens with zero attached hydrogens (tertiary/aromatic N) is 2. The molecule has 0 aliphatic carbocycles. The van der Waals surface area contributed by atoms with Gasteiger partial charge in [-0.25, -0.2) is 4.68 Å². The van der Waals surface area contributed by atoms with Crippen LogP contribution in [0.3, 0.4) is 0 Å². The molecule has 0 N–H and O–H groups in total. The third-order valence-corrected chi connectivity index (χ3v) is 1.80. The zero-order chi connectivity index (χ0) is 6.97. The van der Waals surface area contributed by atoms with E-state index in [9.17, 15) is 0 Å². The van der Waals surface area contributed by atoms with Gasteiger partial charge in [-0.2, -0.15) is 5.10 Å². The maximum absolute atomic E-state index is 5.50. The summed E-state index contributed by atoms with van der Waals surface area (Å²) in [5.74, 6) is 0.909. The Hall–Kier alpha value is -0.990. The summed E-state index contributed by atoms with van der Waals surface area (Å²) in [4.78, 5) is 0. The summed E-state index contributed by atoms with van der Waals surface area (Å²) >= 11 is 0. The summed E-state index contributed by atoms with van der Waals surface area (Å²) in [6.45, 7) is 3.04. The molecule has 0 radical (unpaired) electrons. The van der Waals surface area contributed by atoms with Crippen molar-refractivity contribution in [3.05, 3.63) is 12.3 Å². The summed E-state index contributed by atoms with van der Waals surface area (Å²) in [5.41, 5.74) is 0. The van der Waals surface area contributed by atoms with Crippen LogP contribution in [0.15, 0.2) is 12.3 Å². The van der Waals surface area contributed by atoms with Crippen molar-refractivity contribution in [3.63, 3.8) is 0 Å². The minimum Gasteiger partial charge on any atom is -0.473 e. The molecule has 3 nitrogen and oxygen atoms in total. The Bertz CT molecular complexity index is 211. The van der Waals surface area contributed by atoms with Crippen LogP contribution in [0.2, 0.25) is 0 Å². The van der Waals surface area contributed by atoms with Crippen LogP contribution < -0.4 is 4.74 Å². The predicted octanol–water partition coefficient (Wildman–Crippen LogP) is 1.05. The zero-order valence-electron chi connectivity index (χ0n) is 5.95. The highest BCUT2D eigenvalue weighted by molar-refractivity contribution is 5.11. The van der Waals surface area contributed by atoms with E-state index in [0.717, 1.165) is 18.8 Å². The summed E-state index contributed by atoms with van der Waals surface area (Å²) in [5, 5.41) is 4.09. The fourth-order valence-electron chi connectivity index (χ4n) is 1.17. The van der Waals surface area contributed by atoms with Gasteiger partial charge in [0.25, 0.3) is 0 Å². The predicted molar refractivity (Wildman–Crippen MR) is 36.9 cm³/mol. The molecule has 0 fully saturated rings. The van der Waals surface area contributed by atoms with Gasteiger partial charge in [0.1, 0.15) is 6.10 Å². The molecule has 0 saturated carbocycles. The Kier molecular flexibility index (Phi) is 1.16. The van der Waals surface area contributed by atoms with Crippen LogP contribution in [-0.4, -0.2) is 15.9 Å². The van der Waals surface area contributed by atoms with Crippen molar-refractivity contribution < 1.29 is 4.74 Å². The van der Waals surface area contributed by atoms with Crippen LogP contribution >= 0.6 is 0 Å². The van der Waals surface area contributed by atoms with E-state index in [1.807, 2.05) is 10.7 Å². The molecule has 0 bridgehead atoms. The highest BCUT2D eigenvalue weighted by atomic mass is 16.5. The van der Waals surface area contributed by atoms with E-state index in [0.29, 0.717) is 6.10 Å². The minimum atomic E-state index is 0.351. The van der Waals surface area contributed by atoms with Crippen LogP contribution in [0.4, 0.5) is 0 Å². The van der Waals surface area contributed by atoms with Crippen LogP contribution in [-0.2, 0) is 6.54 Å². The number of hydrogen-bond acceptors (Lipinski definition) is 2. The molecule has 1 atom stereocenters. The van der Waals surface area contributed by atoms with Crippen LogP contribution in [0.1, 0.15) is 13.3 Å². The van der Waals surface area contributed by atoms with Crippen LogP contribution in [0.25, 0.3) is 0 Å². The lowest BCUT2D eigenvalue weighted by Crippen LogP contribution is -2.12. The van der Waals surface area contributed by atoms with Gasteiger partial charge < -0.3 is 4.74 Å². The third kappa shape index (κ3) is 0.701. The lowest BCUT2D eigenvalue weighted by atomic mass is 10.3. The Balaban J connectivity index is 2.21. The molecule has 0 saturated heterocycles. The Morgan fingerprint density at radius 3 is 3.50 bits per heavy atom. The molecule has 0 spiro atoms. The molecule has 1 aliphatic heterocycles. The summed E-state index contributed by atoms with van der Waals surface area (Å²) in [6.07, 6.45) is 3.17. The monoisotopic (exact) mass is 138 g/mol. The van der Waals surface area contributed by atoms with E-state index in [2.05, 4.69) is 12.0 Å². The Morgan fingerprint density at radius 2 is 2.80 bits per heavy atom. The normalized spacial score (nSPS) is 22.3. The fourth-order valence-corrected chi connectivity index (χ4v) is 1.17. The van der Waals surface area contributed by atoms with Gasteiger partial charge in [0.15, 0.2) is 0 Å². The van der Waals surface area contributed by atoms with Gasteiger partial charge >= 0.3 is 0 Å². The molecule has 0 amide bonds. The van der Waals surface area contributed by atoms with Gasteiger partial charge in [-0.15, -0.1) is 0 Å². The van der Waals surface area contributed by atoms with Crippen molar-refractivity contribution in [2.75, 3.05) is 0 Å². The van der Waals surface area contributed by atoms with E-state index in [1.165, 1.54) is 0 Å². The zero-order valence-corrected chi connectivity index (χ0v) is 5.95. The van der Waals surface area contributed by atoms with E-state index in [-0.39, 0.29) is 0 Å². The second kappa shape index (κ2) is 2.01. The van der Waals surface area contributed by atoms with Crippen molar-refractivity contribution in [1.29, 1.82) is 0 Å². The van der Waals surface area contributed by atoms with Crippen molar-refractivity contribution in [2.24, 2.45) is 0 Å². The van der Waals surface area contributed by atoms with Gasteiger partial charge in [0, 0.05) is 6.07 Å². The fraction of sp³-hybridized carbons (Fsp3) is 0.571. The van der Waals surface area contributed by atoms with Gasteiger partial charge in [-0.3, -0.25) is 0 Å². The lowest BCUT2D eigenvalue weighted by Gasteiger charge is -2.03. The second-order valence-corrected chi connectivity index (χ2v) is 2.50.